The number of anilines is 1. The fourth-order valence-electron chi connectivity index (χ4n) is 1.16. The van der Waals surface area contributed by atoms with Gasteiger partial charge < -0.3 is 11.6 Å². The Morgan fingerprint density at radius 1 is 1.33 bits per heavy atom. The maximum Gasteiger partial charge on any atom is 0.241 e. The molecule has 0 amide bonds. The van der Waals surface area contributed by atoms with Crippen LogP contribution in [0.15, 0.2) is 18.2 Å². The van der Waals surface area contributed by atoms with Crippen molar-refractivity contribution >= 4 is 40.1 Å². The quantitative estimate of drug-likeness (QED) is 0.611. The summed E-state index contributed by atoms with van der Waals surface area (Å²) in [5.41, 5.74) is 6.31. The number of rotatable bonds is 1. The van der Waals surface area contributed by atoms with E-state index >= 15 is 0 Å². The van der Waals surface area contributed by atoms with Crippen molar-refractivity contribution in [2.45, 2.75) is 0 Å². The summed E-state index contributed by atoms with van der Waals surface area (Å²) in [7, 11) is 0. The van der Waals surface area contributed by atoms with Crippen LogP contribution in [0.3, 0.4) is 0 Å². The lowest BCUT2D eigenvalue weighted by Gasteiger charge is -2.04. The minimum Gasteiger partial charge on any atom is -0.366 e. The van der Waals surface area contributed by atoms with E-state index in [2.05, 4.69) is 32.8 Å². The minimum atomic E-state index is 0.167. The Kier molecular flexibility index (Phi) is 2.70. The molecule has 0 saturated carbocycles. The number of hydrogen-bond acceptors (Lipinski definition) is 4. The van der Waals surface area contributed by atoms with Gasteiger partial charge in [-0.3, -0.25) is 0 Å². The van der Waals surface area contributed by atoms with Gasteiger partial charge in [-0.15, -0.1) is 10.2 Å². The Morgan fingerprint density at radius 2 is 2.07 bits per heavy atom. The number of aromatic nitrogens is 3. The van der Waals surface area contributed by atoms with Crippen molar-refractivity contribution in [3.63, 3.8) is 0 Å². The molecule has 0 atom stereocenters. The van der Waals surface area contributed by atoms with Gasteiger partial charge in [0.1, 0.15) is 0 Å². The van der Waals surface area contributed by atoms with Crippen molar-refractivity contribution in [2.75, 3.05) is 11.6 Å². The summed E-state index contributed by atoms with van der Waals surface area (Å²) >= 11 is 8.06. The Bertz CT molecular complexity index is 510. The van der Waals surface area contributed by atoms with Gasteiger partial charge in [0, 0.05) is 14.2 Å². The zero-order valence-electron chi connectivity index (χ0n) is 7.48. The summed E-state index contributed by atoms with van der Waals surface area (Å²) in [6.45, 7) is 0. The second kappa shape index (κ2) is 3.86. The molecule has 15 heavy (non-hydrogen) atoms. The first-order chi connectivity index (χ1) is 7.09. The smallest absolute Gasteiger partial charge is 0.241 e. The molecule has 0 aliphatic rings. The van der Waals surface area contributed by atoms with Gasteiger partial charge in [0.15, 0.2) is 5.82 Å². The van der Waals surface area contributed by atoms with Crippen LogP contribution in [0.2, 0.25) is 5.02 Å². The molecular weight excluding hydrogens is 328 g/mol. The largest absolute Gasteiger partial charge is 0.366 e. The summed E-state index contributed by atoms with van der Waals surface area (Å²) in [5, 5.41) is 8.19. The number of benzene rings is 1. The molecule has 0 aliphatic carbocycles. The second-order valence-electron chi connectivity index (χ2n) is 2.88. The fourth-order valence-corrected chi connectivity index (χ4v) is 1.90. The number of hydrogen-bond donors (Lipinski definition) is 2. The first-order valence-corrected chi connectivity index (χ1v) is 5.46. The summed E-state index contributed by atoms with van der Waals surface area (Å²) in [5.74, 6) is 6.34. The Hall–Kier alpha value is -1.02. The molecule has 0 spiro atoms. The van der Waals surface area contributed by atoms with Crippen molar-refractivity contribution < 1.29 is 0 Å². The van der Waals surface area contributed by atoms with Crippen LogP contribution in [-0.4, -0.2) is 14.9 Å². The van der Waals surface area contributed by atoms with E-state index in [0.717, 1.165) is 9.13 Å². The van der Waals surface area contributed by atoms with Crippen molar-refractivity contribution in [3.05, 3.63) is 26.8 Å². The maximum atomic E-state index is 5.89. The fraction of sp³-hybridized carbons (Fsp3) is 0. The molecular formula is C8H7ClIN5. The first-order valence-electron chi connectivity index (χ1n) is 4.01. The lowest BCUT2D eigenvalue weighted by Crippen LogP contribution is -2.13. The first kappa shape index (κ1) is 10.5. The normalized spacial score (nSPS) is 10.5. The molecule has 4 N–H and O–H groups in total. The Morgan fingerprint density at radius 3 is 2.67 bits per heavy atom. The monoisotopic (exact) mass is 335 g/mol. The van der Waals surface area contributed by atoms with Gasteiger partial charge in [0.2, 0.25) is 5.95 Å². The van der Waals surface area contributed by atoms with E-state index in [1.807, 2.05) is 6.07 Å². The van der Waals surface area contributed by atoms with E-state index in [-0.39, 0.29) is 5.95 Å². The van der Waals surface area contributed by atoms with Gasteiger partial charge in [-0.25, -0.2) is 4.68 Å². The Balaban J connectivity index is 2.63. The number of nitrogen functional groups attached to an aromatic ring is 2. The third-order valence-electron chi connectivity index (χ3n) is 1.89. The summed E-state index contributed by atoms with van der Waals surface area (Å²) in [6, 6.07) is 5.45. The van der Waals surface area contributed by atoms with E-state index in [4.69, 9.17) is 23.2 Å². The molecule has 1 aromatic heterocycles. The van der Waals surface area contributed by atoms with Crippen LogP contribution >= 0.6 is 34.2 Å². The van der Waals surface area contributed by atoms with Gasteiger partial charge in [-0.2, -0.15) is 0 Å². The van der Waals surface area contributed by atoms with E-state index in [1.54, 1.807) is 12.1 Å². The van der Waals surface area contributed by atoms with E-state index in [1.165, 1.54) is 4.68 Å². The van der Waals surface area contributed by atoms with Crippen LogP contribution in [-0.2, 0) is 0 Å². The van der Waals surface area contributed by atoms with Gasteiger partial charge in [0.05, 0.1) is 0 Å². The highest BCUT2D eigenvalue weighted by molar-refractivity contribution is 14.1. The third-order valence-corrected chi connectivity index (χ3v) is 3.07. The summed E-state index contributed by atoms with van der Waals surface area (Å²) < 4.78 is 2.21. The highest BCUT2D eigenvalue weighted by Crippen LogP contribution is 2.26. The molecule has 1 aromatic carbocycles. The molecule has 2 rings (SSSR count). The van der Waals surface area contributed by atoms with Crippen LogP contribution in [0.5, 0.6) is 0 Å². The highest BCUT2D eigenvalue weighted by atomic mass is 127. The SMILES string of the molecule is Nc1nnc(-c2cc(Cl)ccc2I)n1N. The molecule has 7 heteroatoms. The van der Waals surface area contributed by atoms with Crippen LogP contribution in [0.1, 0.15) is 0 Å². The van der Waals surface area contributed by atoms with E-state index in [9.17, 15) is 0 Å². The van der Waals surface area contributed by atoms with Crippen molar-refractivity contribution in [1.82, 2.24) is 14.9 Å². The standard InChI is InChI=1S/C8H7ClIN5/c9-4-1-2-6(10)5(3-4)7-13-14-8(11)15(7)12/h1-3H,12H2,(H2,11,14). The molecule has 5 nitrogen and oxygen atoms in total. The lowest BCUT2D eigenvalue weighted by molar-refractivity contribution is 1.02. The minimum absolute atomic E-state index is 0.167. The van der Waals surface area contributed by atoms with Gasteiger partial charge in [-0.05, 0) is 40.8 Å². The number of nitrogens with zero attached hydrogens (tertiary/aromatic N) is 3. The van der Waals surface area contributed by atoms with Gasteiger partial charge in [0.25, 0.3) is 0 Å². The summed E-state index contributed by atoms with van der Waals surface area (Å²) in [6.07, 6.45) is 0. The average molecular weight is 336 g/mol. The predicted molar refractivity (Wildman–Crippen MR) is 67.7 cm³/mol. The highest BCUT2D eigenvalue weighted by Gasteiger charge is 2.12. The zero-order valence-corrected chi connectivity index (χ0v) is 10.4. The predicted octanol–water partition coefficient (Wildman–Crippen LogP) is 1.50. The molecule has 0 bridgehead atoms. The third kappa shape index (κ3) is 1.86. The van der Waals surface area contributed by atoms with Crippen molar-refractivity contribution in [3.8, 4) is 11.4 Å². The van der Waals surface area contributed by atoms with Crippen LogP contribution in [0.4, 0.5) is 5.95 Å². The number of nitrogens with two attached hydrogens (primary N) is 2. The zero-order chi connectivity index (χ0) is 11.0. The van der Waals surface area contributed by atoms with Crippen LogP contribution in [0, 0.1) is 3.57 Å². The Labute approximate surface area is 105 Å². The summed E-state index contributed by atoms with van der Waals surface area (Å²) in [4.78, 5) is 0. The second-order valence-corrected chi connectivity index (χ2v) is 4.47. The van der Waals surface area contributed by atoms with Crippen LogP contribution in [0.25, 0.3) is 11.4 Å². The van der Waals surface area contributed by atoms with Gasteiger partial charge in [-0.1, -0.05) is 11.6 Å². The van der Waals surface area contributed by atoms with E-state index in [0.29, 0.717) is 10.8 Å². The molecule has 0 radical (unpaired) electrons. The topological polar surface area (TPSA) is 82.8 Å². The molecule has 2 aromatic rings. The maximum absolute atomic E-state index is 5.89. The van der Waals surface area contributed by atoms with Crippen molar-refractivity contribution in [1.29, 1.82) is 0 Å². The molecule has 0 saturated heterocycles. The molecule has 1 heterocycles. The van der Waals surface area contributed by atoms with Crippen LogP contribution < -0.4 is 11.6 Å². The van der Waals surface area contributed by atoms with E-state index < -0.39 is 0 Å². The molecule has 0 unspecified atom stereocenters. The molecule has 0 fully saturated rings. The average Bonchev–Trinajstić information content (AvgIpc) is 2.52. The van der Waals surface area contributed by atoms with Gasteiger partial charge >= 0.3 is 0 Å². The molecule has 0 aliphatic heterocycles. The lowest BCUT2D eigenvalue weighted by atomic mass is 10.2. The molecule has 78 valence electrons. The number of halogens is 2. The van der Waals surface area contributed by atoms with Crippen molar-refractivity contribution in [2.24, 2.45) is 0 Å².